The third-order valence-corrected chi connectivity index (χ3v) is 3.02. The highest BCUT2D eigenvalue weighted by Crippen LogP contribution is 2.36. The first kappa shape index (κ1) is 24.8. The maximum Gasteiger partial charge on any atom is 0.330 e. The number of hydrogen-bond acceptors (Lipinski definition) is 11. The van der Waals surface area contributed by atoms with E-state index in [4.69, 9.17) is 33.5 Å². The van der Waals surface area contributed by atoms with Gasteiger partial charge >= 0.3 is 25.8 Å². The Morgan fingerprint density at radius 3 is 1.68 bits per heavy atom. The van der Waals surface area contributed by atoms with E-state index in [0.717, 1.165) is 0 Å². The van der Waals surface area contributed by atoms with Crippen LogP contribution in [0.4, 0.5) is 0 Å². The van der Waals surface area contributed by atoms with Gasteiger partial charge in [0.1, 0.15) is 0 Å². The quantitative estimate of drug-likeness (QED) is 0.157. The van der Waals surface area contributed by atoms with Crippen LogP contribution in [0, 0.1) is 5.41 Å². The van der Waals surface area contributed by atoms with Gasteiger partial charge in [0.25, 0.3) is 0 Å². The molecular weight excluding hydrogens is 365 g/mol. The van der Waals surface area contributed by atoms with Crippen molar-refractivity contribution >= 4 is 25.8 Å². The number of hydrogen-bond donors (Lipinski definition) is 8. The van der Waals surface area contributed by atoms with Crippen LogP contribution in [-0.2, 0) is 13.6 Å². The highest BCUT2D eigenvalue weighted by Gasteiger charge is 2.32. The summed E-state index contributed by atoms with van der Waals surface area (Å²) in [7, 11) is -7.37. The molecule has 1 atom stereocenters. The van der Waals surface area contributed by atoms with E-state index in [2.05, 4.69) is 11.1 Å². The van der Waals surface area contributed by atoms with Gasteiger partial charge in [-0.2, -0.15) is 0 Å². The Balaban J connectivity index is 0. The molecule has 14 heteroatoms. The van der Waals surface area contributed by atoms with Gasteiger partial charge in [0, 0.05) is 0 Å². The normalized spacial score (nSPS) is 13.0. The molecule has 8 N–H and O–H groups in total. The summed E-state index contributed by atoms with van der Waals surface area (Å²) in [6.45, 7) is 1.86. The van der Waals surface area contributed by atoms with Crippen molar-refractivity contribution in [3.63, 3.8) is 0 Å². The minimum absolute atomic E-state index is 0.0997. The predicted octanol–water partition coefficient (Wildman–Crippen LogP) is -1.19. The fourth-order valence-electron chi connectivity index (χ4n) is 0.815. The zero-order chi connectivity index (χ0) is 17.6. The Bertz CT molecular complexity index is 261. The van der Waals surface area contributed by atoms with Gasteiger partial charge in [-0.15, -0.1) is 6.58 Å². The lowest BCUT2D eigenvalue weighted by Crippen LogP contribution is -2.38. The average Bonchev–Trinajstić information content (AvgIpc) is 2.45. The summed E-state index contributed by atoms with van der Waals surface area (Å²) in [5, 5.41) is 18.3. The molecule has 0 aromatic carbocycles. The largest absolute Gasteiger partial charge is 0.396 e. The maximum absolute atomic E-state index is 9.29. The van der Waals surface area contributed by atoms with Gasteiger partial charge in [0.05, 0.1) is 38.4 Å². The van der Waals surface area contributed by atoms with Crippen molar-refractivity contribution in [2.75, 3.05) is 33.0 Å². The lowest BCUT2D eigenvalue weighted by molar-refractivity contribution is -0.0244. The summed E-state index contributed by atoms with van der Waals surface area (Å²) in [5.41, 5.74) is -1.24. The molecule has 0 fully saturated rings. The average molecular weight is 386 g/mol. The fraction of sp³-hybridized carbons (Fsp3) is 0.750. The zero-order valence-corrected chi connectivity index (χ0v) is 14.1. The highest BCUT2D eigenvalue weighted by atomic mass is 31.2. The third-order valence-electron chi connectivity index (χ3n) is 1.94. The first-order valence-electron chi connectivity index (χ1n) is 5.48. The molecular formula is C8H21O11P3. The molecule has 134 valence electrons. The van der Waals surface area contributed by atoms with E-state index in [-0.39, 0.29) is 19.8 Å². The van der Waals surface area contributed by atoms with Crippen LogP contribution in [0.15, 0.2) is 12.7 Å². The highest BCUT2D eigenvalue weighted by molar-refractivity contribution is 7.40. The van der Waals surface area contributed by atoms with Crippen molar-refractivity contribution in [1.29, 1.82) is 0 Å². The SMILES string of the molecule is C=CCOP(O)OCC(CO)(CO)COP(O)O.OP(O)O. The van der Waals surface area contributed by atoms with Crippen molar-refractivity contribution in [2.24, 2.45) is 5.41 Å². The summed E-state index contributed by atoms with van der Waals surface area (Å²) in [6, 6.07) is 0. The van der Waals surface area contributed by atoms with Gasteiger partial charge < -0.3 is 53.1 Å². The minimum atomic E-state index is -2.62. The fourth-order valence-corrected chi connectivity index (χ4v) is 1.90. The van der Waals surface area contributed by atoms with E-state index >= 15 is 0 Å². The van der Waals surface area contributed by atoms with Crippen molar-refractivity contribution in [1.82, 2.24) is 0 Å². The minimum Gasteiger partial charge on any atom is -0.396 e. The summed E-state index contributed by atoms with van der Waals surface area (Å²) in [4.78, 5) is 48.2. The smallest absolute Gasteiger partial charge is 0.330 e. The molecule has 0 bridgehead atoms. The molecule has 0 aliphatic rings. The van der Waals surface area contributed by atoms with Crippen LogP contribution >= 0.6 is 25.8 Å². The van der Waals surface area contributed by atoms with Crippen LogP contribution in [0.1, 0.15) is 0 Å². The third kappa shape index (κ3) is 15.5. The van der Waals surface area contributed by atoms with Crippen LogP contribution in [0.5, 0.6) is 0 Å². The van der Waals surface area contributed by atoms with Gasteiger partial charge in [-0.25, -0.2) is 0 Å². The second-order valence-corrected chi connectivity index (χ2v) is 6.00. The molecule has 0 aromatic rings. The lowest BCUT2D eigenvalue weighted by Gasteiger charge is -2.29. The molecule has 0 aliphatic carbocycles. The summed E-state index contributed by atoms with van der Waals surface area (Å²) < 4.78 is 14.2. The number of rotatable bonds is 11. The van der Waals surface area contributed by atoms with Gasteiger partial charge in [-0.05, 0) is 0 Å². The van der Waals surface area contributed by atoms with Crippen LogP contribution in [0.25, 0.3) is 0 Å². The van der Waals surface area contributed by atoms with Crippen LogP contribution < -0.4 is 0 Å². The van der Waals surface area contributed by atoms with E-state index in [1.807, 2.05) is 0 Å². The van der Waals surface area contributed by atoms with Crippen LogP contribution in [0.3, 0.4) is 0 Å². The van der Waals surface area contributed by atoms with Crippen LogP contribution in [-0.4, -0.2) is 72.6 Å². The Morgan fingerprint density at radius 2 is 1.32 bits per heavy atom. The molecule has 0 spiro atoms. The molecule has 0 aromatic heterocycles. The van der Waals surface area contributed by atoms with Gasteiger partial charge in [0.15, 0.2) is 0 Å². The second-order valence-electron chi connectivity index (χ2n) is 3.71. The standard InChI is InChI=1S/C8H18O8P2.H3O3P/c1-2-3-14-18(13)16-7-8(4-9,5-10)6-15-17(11)12;1-4(2)3/h2,9-13H,1,3-7H2;1-3H. The molecule has 0 heterocycles. The zero-order valence-electron chi connectivity index (χ0n) is 11.5. The summed E-state index contributed by atoms with van der Waals surface area (Å²) in [5.74, 6) is 0. The second kappa shape index (κ2) is 15.1. The Morgan fingerprint density at radius 1 is 0.864 bits per heavy atom. The molecule has 0 rings (SSSR count). The number of aliphatic hydroxyl groups is 2. The molecule has 0 aliphatic heterocycles. The topological polar surface area (TPSA) is 190 Å². The van der Waals surface area contributed by atoms with E-state index in [1.165, 1.54) is 6.08 Å². The first-order chi connectivity index (χ1) is 10.2. The monoisotopic (exact) mass is 386 g/mol. The van der Waals surface area contributed by atoms with Crippen molar-refractivity contribution in [2.45, 2.75) is 0 Å². The summed E-state index contributed by atoms with van der Waals surface area (Å²) in [6.07, 6.45) is 1.42. The Kier molecular flexibility index (Phi) is 17.1. The number of aliphatic hydroxyl groups excluding tert-OH is 2. The molecule has 0 saturated carbocycles. The molecule has 0 radical (unpaired) electrons. The molecule has 0 amide bonds. The lowest BCUT2D eigenvalue weighted by atomic mass is 9.93. The maximum atomic E-state index is 9.29. The van der Waals surface area contributed by atoms with E-state index in [0.29, 0.717) is 0 Å². The molecule has 1 unspecified atom stereocenters. The predicted molar refractivity (Wildman–Crippen MR) is 78.7 cm³/mol. The molecule has 22 heavy (non-hydrogen) atoms. The van der Waals surface area contributed by atoms with E-state index < -0.39 is 44.4 Å². The van der Waals surface area contributed by atoms with Gasteiger partial charge in [-0.3, -0.25) is 0 Å². The van der Waals surface area contributed by atoms with Crippen molar-refractivity contribution in [3.8, 4) is 0 Å². The summed E-state index contributed by atoms with van der Waals surface area (Å²) >= 11 is 0. The first-order valence-corrected chi connectivity index (χ1v) is 8.97. The van der Waals surface area contributed by atoms with Crippen molar-refractivity contribution in [3.05, 3.63) is 12.7 Å². The van der Waals surface area contributed by atoms with E-state index in [1.54, 1.807) is 0 Å². The Hall–Kier alpha value is 0.590. The van der Waals surface area contributed by atoms with Crippen LogP contribution in [0.2, 0.25) is 0 Å². The van der Waals surface area contributed by atoms with Gasteiger partial charge in [0.2, 0.25) is 0 Å². The Labute approximate surface area is 131 Å². The van der Waals surface area contributed by atoms with Gasteiger partial charge in [-0.1, -0.05) is 6.08 Å². The molecule has 11 nitrogen and oxygen atoms in total. The van der Waals surface area contributed by atoms with E-state index in [9.17, 15) is 15.1 Å². The molecule has 0 saturated heterocycles. The van der Waals surface area contributed by atoms with Crippen molar-refractivity contribution < 1.29 is 53.1 Å².